The van der Waals surface area contributed by atoms with Crippen molar-refractivity contribution in [2.75, 3.05) is 12.4 Å². The van der Waals surface area contributed by atoms with E-state index in [0.717, 1.165) is 10.0 Å². The molecule has 0 bridgehead atoms. The molecule has 2 rings (SSSR count). The molecular weight excluding hydrogens is 386 g/mol. The van der Waals surface area contributed by atoms with Crippen LogP contribution in [0.1, 0.15) is 18.4 Å². The van der Waals surface area contributed by atoms with Crippen LogP contribution in [0.25, 0.3) is 0 Å². The Morgan fingerprint density at radius 3 is 2.64 bits per heavy atom. The lowest BCUT2D eigenvalue weighted by molar-refractivity contribution is -0.124. The van der Waals surface area contributed by atoms with Crippen LogP contribution in [0.2, 0.25) is 0 Å². The largest absolute Gasteiger partial charge is 0.497 e. The van der Waals surface area contributed by atoms with Crippen molar-refractivity contribution in [3.05, 3.63) is 58.6 Å². The van der Waals surface area contributed by atoms with Crippen molar-refractivity contribution in [1.82, 2.24) is 5.43 Å². The van der Waals surface area contributed by atoms with Gasteiger partial charge in [0.05, 0.1) is 13.3 Å². The molecule has 130 valence electrons. The van der Waals surface area contributed by atoms with Crippen LogP contribution in [0.5, 0.6) is 5.75 Å². The predicted molar refractivity (Wildman–Crippen MR) is 101 cm³/mol. The maximum Gasteiger partial charge on any atom is 0.240 e. The smallest absolute Gasteiger partial charge is 0.240 e. The summed E-state index contributed by atoms with van der Waals surface area (Å²) in [4.78, 5) is 23.6. The molecule has 0 aliphatic heterocycles. The van der Waals surface area contributed by atoms with E-state index < -0.39 is 0 Å². The normalized spacial score (nSPS) is 10.5. The highest BCUT2D eigenvalue weighted by Crippen LogP contribution is 2.15. The van der Waals surface area contributed by atoms with E-state index in [1.807, 2.05) is 30.3 Å². The SMILES string of the molecule is COc1cccc(C=NNC(=O)CCC(=O)Nc2cccc(Br)c2)c1. The predicted octanol–water partition coefficient (Wildman–Crippen LogP) is 3.33. The molecule has 0 aliphatic rings. The van der Waals surface area contributed by atoms with Crippen LogP contribution in [0.4, 0.5) is 5.69 Å². The average molecular weight is 404 g/mol. The maximum absolute atomic E-state index is 11.8. The summed E-state index contributed by atoms with van der Waals surface area (Å²) >= 11 is 3.33. The van der Waals surface area contributed by atoms with Gasteiger partial charge in [-0.15, -0.1) is 0 Å². The standard InChI is InChI=1S/C18H18BrN3O3/c1-25-16-7-2-4-13(10-16)12-20-22-18(24)9-8-17(23)21-15-6-3-5-14(19)11-15/h2-7,10-12H,8-9H2,1H3,(H,21,23)(H,22,24). The molecular formula is C18H18BrN3O3. The summed E-state index contributed by atoms with van der Waals surface area (Å²) in [6.07, 6.45) is 1.64. The van der Waals surface area contributed by atoms with Gasteiger partial charge in [-0.1, -0.05) is 34.1 Å². The van der Waals surface area contributed by atoms with Crippen LogP contribution < -0.4 is 15.5 Å². The summed E-state index contributed by atoms with van der Waals surface area (Å²) in [5.74, 6) is 0.146. The summed E-state index contributed by atoms with van der Waals surface area (Å²) < 4.78 is 5.98. The average Bonchev–Trinajstić information content (AvgIpc) is 2.60. The number of nitrogens with zero attached hydrogens (tertiary/aromatic N) is 1. The van der Waals surface area contributed by atoms with Crippen molar-refractivity contribution in [1.29, 1.82) is 0 Å². The first-order chi connectivity index (χ1) is 12.1. The number of halogens is 1. The van der Waals surface area contributed by atoms with Crippen molar-refractivity contribution < 1.29 is 14.3 Å². The fraction of sp³-hybridized carbons (Fsp3) is 0.167. The van der Waals surface area contributed by atoms with Crippen LogP contribution in [0.3, 0.4) is 0 Å². The molecule has 2 aromatic carbocycles. The molecule has 0 unspecified atom stereocenters. The van der Waals surface area contributed by atoms with Gasteiger partial charge in [0, 0.05) is 23.0 Å². The number of amides is 2. The van der Waals surface area contributed by atoms with Gasteiger partial charge in [0.25, 0.3) is 0 Å². The van der Waals surface area contributed by atoms with Crippen molar-refractivity contribution in [3.8, 4) is 5.75 Å². The summed E-state index contributed by atoms with van der Waals surface area (Å²) in [5.41, 5.74) is 3.87. The van der Waals surface area contributed by atoms with Crippen molar-refractivity contribution in [2.45, 2.75) is 12.8 Å². The second kappa shape index (κ2) is 9.58. The van der Waals surface area contributed by atoms with Gasteiger partial charge >= 0.3 is 0 Å². The minimum absolute atomic E-state index is 0.0509. The van der Waals surface area contributed by atoms with Crippen LogP contribution in [-0.4, -0.2) is 25.1 Å². The van der Waals surface area contributed by atoms with E-state index in [-0.39, 0.29) is 24.7 Å². The van der Waals surface area contributed by atoms with Crippen LogP contribution in [0, 0.1) is 0 Å². The highest BCUT2D eigenvalue weighted by Gasteiger charge is 2.07. The Hall–Kier alpha value is -2.67. The van der Waals surface area contributed by atoms with E-state index in [9.17, 15) is 9.59 Å². The summed E-state index contributed by atoms with van der Waals surface area (Å²) in [6.45, 7) is 0. The lowest BCUT2D eigenvalue weighted by atomic mass is 10.2. The minimum atomic E-state index is -0.330. The first-order valence-corrected chi connectivity index (χ1v) is 8.37. The zero-order valence-corrected chi connectivity index (χ0v) is 15.2. The second-order valence-electron chi connectivity index (χ2n) is 5.13. The molecule has 6 nitrogen and oxygen atoms in total. The van der Waals surface area contributed by atoms with Crippen molar-refractivity contribution in [3.63, 3.8) is 0 Å². The molecule has 0 heterocycles. The Bertz CT molecular complexity index is 778. The number of carbonyl (C=O) groups is 2. The van der Waals surface area contributed by atoms with Gasteiger partial charge in [-0.25, -0.2) is 5.43 Å². The van der Waals surface area contributed by atoms with E-state index in [2.05, 4.69) is 31.8 Å². The number of carbonyl (C=O) groups excluding carboxylic acids is 2. The molecule has 7 heteroatoms. The summed E-state index contributed by atoms with van der Waals surface area (Å²) in [5, 5.41) is 6.60. The van der Waals surface area contributed by atoms with Crippen LogP contribution >= 0.6 is 15.9 Å². The summed E-state index contributed by atoms with van der Waals surface area (Å²) in [6, 6.07) is 14.5. The molecule has 0 aromatic heterocycles. The van der Waals surface area contributed by atoms with Gasteiger partial charge in [-0.05, 0) is 35.9 Å². The fourth-order valence-corrected chi connectivity index (χ4v) is 2.37. The number of hydrazone groups is 1. The molecule has 2 N–H and O–H groups in total. The molecule has 25 heavy (non-hydrogen) atoms. The molecule has 0 aliphatic carbocycles. The zero-order chi connectivity index (χ0) is 18.1. The van der Waals surface area contributed by atoms with Gasteiger partial charge in [0.15, 0.2) is 0 Å². The third-order valence-electron chi connectivity index (χ3n) is 3.18. The second-order valence-corrected chi connectivity index (χ2v) is 6.04. The number of hydrogen-bond acceptors (Lipinski definition) is 4. The minimum Gasteiger partial charge on any atom is -0.497 e. The monoisotopic (exact) mass is 403 g/mol. The lowest BCUT2D eigenvalue weighted by Crippen LogP contribution is -2.20. The van der Waals surface area contributed by atoms with Gasteiger partial charge in [0.2, 0.25) is 11.8 Å². The van der Waals surface area contributed by atoms with Crippen LogP contribution in [-0.2, 0) is 9.59 Å². The number of anilines is 1. The molecule has 2 aromatic rings. The molecule has 0 radical (unpaired) electrons. The topological polar surface area (TPSA) is 79.8 Å². The van der Waals surface area contributed by atoms with Gasteiger partial charge in [-0.2, -0.15) is 5.10 Å². The lowest BCUT2D eigenvalue weighted by Gasteiger charge is -2.05. The van der Waals surface area contributed by atoms with E-state index >= 15 is 0 Å². The van der Waals surface area contributed by atoms with Crippen molar-refractivity contribution in [2.24, 2.45) is 5.10 Å². The van der Waals surface area contributed by atoms with E-state index in [1.54, 1.807) is 25.3 Å². The zero-order valence-electron chi connectivity index (χ0n) is 13.7. The van der Waals surface area contributed by atoms with Crippen molar-refractivity contribution >= 4 is 39.6 Å². The molecule has 0 spiro atoms. The molecule has 0 saturated carbocycles. The Balaban J connectivity index is 1.74. The highest BCUT2D eigenvalue weighted by molar-refractivity contribution is 9.10. The number of nitrogens with one attached hydrogen (secondary N) is 2. The first-order valence-electron chi connectivity index (χ1n) is 7.58. The first kappa shape index (κ1) is 18.7. The van der Waals surface area contributed by atoms with E-state index in [1.165, 1.54) is 6.21 Å². The third kappa shape index (κ3) is 6.76. The molecule has 0 saturated heterocycles. The Morgan fingerprint density at radius 1 is 1.12 bits per heavy atom. The number of rotatable bonds is 7. The van der Waals surface area contributed by atoms with Crippen LogP contribution in [0.15, 0.2) is 58.1 Å². The van der Waals surface area contributed by atoms with Gasteiger partial charge < -0.3 is 10.1 Å². The molecule has 2 amide bonds. The highest BCUT2D eigenvalue weighted by atomic mass is 79.9. The third-order valence-corrected chi connectivity index (χ3v) is 3.68. The van der Waals surface area contributed by atoms with E-state index in [0.29, 0.717) is 11.4 Å². The number of benzene rings is 2. The molecule has 0 atom stereocenters. The van der Waals surface area contributed by atoms with Gasteiger partial charge in [0.1, 0.15) is 5.75 Å². The summed E-state index contributed by atoms with van der Waals surface area (Å²) in [7, 11) is 1.58. The number of hydrogen-bond donors (Lipinski definition) is 2. The number of ether oxygens (including phenoxy) is 1. The quantitative estimate of drug-likeness (QED) is 0.549. The fourth-order valence-electron chi connectivity index (χ4n) is 1.97. The number of methoxy groups -OCH3 is 1. The maximum atomic E-state index is 11.8. The Morgan fingerprint density at radius 2 is 1.88 bits per heavy atom. The van der Waals surface area contributed by atoms with Gasteiger partial charge in [-0.3, -0.25) is 9.59 Å². The Labute approximate surface area is 154 Å². The van der Waals surface area contributed by atoms with E-state index in [4.69, 9.17) is 4.74 Å². The Kier molecular flexibility index (Phi) is 7.16. The molecule has 0 fully saturated rings.